The Morgan fingerprint density at radius 1 is 1.50 bits per heavy atom. The molecule has 1 heterocycles. The molecule has 1 fully saturated rings. The van der Waals surface area contributed by atoms with Crippen molar-refractivity contribution in [1.29, 1.82) is 0 Å². The Morgan fingerprint density at radius 3 is 3.00 bits per heavy atom. The van der Waals surface area contributed by atoms with Crippen LogP contribution in [0.2, 0.25) is 0 Å². The number of amides is 1. The molecule has 1 aliphatic heterocycles. The van der Waals surface area contributed by atoms with E-state index in [0.717, 1.165) is 19.5 Å². The summed E-state index contributed by atoms with van der Waals surface area (Å²) in [5.41, 5.74) is 5.72. The van der Waals surface area contributed by atoms with Crippen LogP contribution in [0.15, 0.2) is 24.3 Å². The maximum absolute atomic E-state index is 11.1. The Morgan fingerprint density at radius 2 is 2.31 bits per heavy atom. The van der Waals surface area contributed by atoms with Crippen LogP contribution in [0.25, 0.3) is 0 Å². The van der Waals surface area contributed by atoms with Crippen LogP contribution in [0.3, 0.4) is 0 Å². The van der Waals surface area contributed by atoms with Gasteiger partial charge in [-0.15, -0.1) is 0 Å². The number of benzene rings is 1. The van der Waals surface area contributed by atoms with Crippen LogP contribution in [0.1, 0.15) is 16.8 Å². The zero-order chi connectivity index (χ0) is 11.4. The highest BCUT2D eigenvalue weighted by molar-refractivity contribution is 5.95. The van der Waals surface area contributed by atoms with Crippen molar-refractivity contribution in [2.24, 2.45) is 11.7 Å². The lowest BCUT2D eigenvalue weighted by molar-refractivity contribution is 0.0995. The molecule has 0 spiro atoms. The highest BCUT2D eigenvalue weighted by atomic mass is 16.5. The number of nitrogens with one attached hydrogen (secondary N) is 1. The predicted molar refractivity (Wildman–Crippen MR) is 61.4 cm³/mol. The third kappa shape index (κ3) is 2.52. The van der Waals surface area contributed by atoms with Crippen molar-refractivity contribution in [3.8, 4) is 5.75 Å². The lowest BCUT2D eigenvalue weighted by Crippen LogP contribution is -2.18. The number of hydrogen-bond acceptors (Lipinski definition) is 3. The molecule has 1 unspecified atom stereocenters. The maximum Gasteiger partial charge on any atom is 0.252 e. The van der Waals surface area contributed by atoms with E-state index in [1.54, 1.807) is 18.2 Å². The molecule has 0 saturated carbocycles. The smallest absolute Gasteiger partial charge is 0.252 e. The van der Waals surface area contributed by atoms with Crippen LogP contribution >= 0.6 is 0 Å². The lowest BCUT2D eigenvalue weighted by atomic mass is 10.1. The molecular formula is C12H16N2O2. The van der Waals surface area contributed by atoms with E-state index >= 15 is 0 Å². The largest absolute Gasteiger partial charge is 0.492 e. The zero-order valence-electron chi connectivity index (χ0n) is 9.11. The summed E-state index contributed by atoms with van der Waals surface area (Å²) in [4.78, 5) is 11.1. The molecule has 1 aromatic carbocycles. The van der Waals surface area contributed by atoms with Gasteiger partial charge in [0.2, 0.25) is 0 Å². The van der Waals surface area contributed by atoms with E-state index in [1.165, 1.54) is 0 Å². The van der Waals surface area contributed by atoms with Crippen molar-refractivity contribution < 1.29 is 9.53 Å². The topological polar surface area (TPSA) is 64.4 Å². The van der Waals surface area contributed by atoms with Crippen LogP contribution in [-0.2, 0) is 0 Å². The van der Waals surface area contributed by atoms with E-state index in [9.17, 15) is 4.79 Å². The Bertz CT molecular complexity index is 373. The van der Waals surface area contributed by atoms with Crippen molar-refractivity contribution >= 4 is 5.91 Å². The lowest BCUT2D eigenvalue weighted by Gasteiger charge is -2.12. The Labute approximate surface area is 94.8 Å². The van der Waals surface area contributed by atoms with E-state index in [0.29, 0.717) is 23.8 Å². The van der Waals surface area contributed by atoms with Crippen LogP contribution < -0.4 is 15.8 Å². The van der Waals surface area contributed by atoms with Gasteiger partial charge in [-0.2, -0.15) is 0 Å². The minimum absolute atomic E-state index is 0.444. The summed E-state index contributed by atoms with van der Waals surface area (Å²) in [6.07, 6.45) is 1.12. The molecular weight excluding hydrogens is 204 g/mol. The quantitative estimate of drug-likeness (QED) is 0.788. The van der Waals surface area contributed by atoms with Gasteiger partial charge < -0.3 is 15.8 Å². The van der Waals surface area contributed by atoms with Gasteiger partial charge in [-0.05, 0) is 25.1 Å². The van der Waals surface area contributed by atoms with Crippen LogP contribution in [0, 0.1) is 5.92 Å². The highest BCUT2D eigenvalue weighted by Gasteiger charge is 2.16. The number of carbonyl (C=O) groups is 1. The van der Waals surface area contributed by atoms with Gasteiger partial charge in [0.05, 0.1) is 12.2 Å². The molecule has 0 bridgehead atoms. The Hall–Kier alpha value is -1.55. The first-order valence-corrected chi connectivity index (χ1v) is 5.49. The van der Waals surface area contributed by atoms with Gasteiger partial charge in [-0.25, -0.2) is 0 Å². The number of ether oxygens (including phenoxy) is 1. The van der Waals surface area contributed by atoms with Gasteiger partial charge >= 0.3 is 0 Å². The molecule has 86 valence electrons. The molecule has 3 N–H and O–H groups in total. The molecule has 4 heteroatoms. The number of hydrogen-bond donors (Lipinski definition) is 2. The van der Waals surface area contributed by atoms with Crippen molar-refractivity contribution in [3.05, 3.63) is 29.8 Å². The summed E-state index contributed by atoms with van der Waals surface area (Å²) in [6.45, 7) is 2.67. The van der Waals surface area contributed by atoms with Gasteiger partial charge in [0, 0.05) is 12.5 Å². The first kappa shape index (κ1) is 11.0. The third-order valence-electron chi connectivity index (χ3n) is 2.79. The second-order valence-corrected chi connectivity index (χ2v) is 4.03. The molecule has 1 aliphatic rings. The zero-order valence-corrected chi connectivity index (χ0v) is 9.11. The second kappa shape index (κ2) is 4.99. The molecule has 1 aromatic rings. The molecule has 1 atom stereocenters. The average molecular weight is 220 g/mol. The van der Waals surface area contributed by atoms with Gasteiger partial charge in [0.15, 0.2) is 0 Å². The molecule has 0 aromatic heterocycles. The van der Waals surface area contributed by atoms with Gasteiger partial charge in [-0.1, -0.05) is 12.1 Å². The van der Waals surface area contributed by atoms with E-state index < -0.39 is 5.91 Å². The van der Waals surface area contributed by atoms with Crippen LogP contribution in [0.5, 0.6) is 5.75 Å². The van der Waals surface area contributed by atoms with E-state index in [2.05, 4.69) is 5.32 Å². The SMILES string of the molecule is NC(=O)c1ccccc1OCC1CCNC1. The van der Waals surface area contributed by atoms with Crippen molar-refractivity contribution in [2.75, 3.05) is 19.7 Å². The van der Waals surface area contributed by atoms with Crippen molar-refractivity contribution in [2.45, 2.75) is 6.42 Å². The standard InChI is InChI=1S/C12H16N2O2/c13-12(15)10-3-1-2-4-11(10)16-8-9-5-6-14-7-9/h1-4,9,14H,5-8H2,(H2,13,15). The summed E-state index contributed by atoms with van der Waals surface area (Å²) < 4.78 is 5.64. The van der Waals surface area contributed by atoms with E-state index in [1.807, 2.05) is 6.07 Å². The Balaban J connectivity index is 2.00. The fourth-order valence-corrected chi connectivity index (χ4v) is 1.86. The third-order valence-corrected chi connectivity index (χ3v) is 2.79. The minimum Gasteiger partial charge on any atom is -0.492 e. The van der Waals surface area contributed by atoms with Crippen LogP contribution in [0.4, 0.5) is 0 Å². The number of rotatable bonds is 4. The van der Waals surface area contributed by atoms with Gasteiger partial charge in [-0.3, -0.25) is 4.79 Å². The minimum atomic E-state index is -0.444. The van der Waals surface area contributed by atoms with Crippen LogP contribution in [-0.4, -0.2) is 25.6 Å². The number of para-hydroxylation sites is 1. The van der Waals surface area contributed by atoms with Gasteiger partial charge in [0.1, 0.15) is 5.75 Å². The summed E-state index contributed by atoms with van der Waals surface area (Å²) in [5.74, 6) is 0.669. The molecule has 0 radical (unpaired) electrons. The van der Waals surface area contributed by atoms with E-state index in [4.69, 9.17) is 10.5 Å². The van der Waals surface area contributed by atoms with Crippen molar-refractivity contribution in [1.82, 2.24) is 5.32 Å². The molecule has 1 amide bonds. The van der Waals surface area contributed by atoms with E-state index in [-0.39, 0.29) is 0 Å². The summed E-state index contributed by atoms with van der Waals surface area (Å²) in [7, 11) is 0. The summed E-state index contributed by atoms with van der Waals surface area (Å²) >= 11 is 0. The monoisotopic (exact) mass is 220 g/mol. The average Bonchev–Trinajstić information content (AvgIpc) is 2.79. The molecule has 2 rings (SSSR count). The highest BCUT2D eigenvalue weighted by Crippen LogP contribution is 2.19. The number of primary amides is 1. The fourth-order valence-electron chi connectivity index (χ4n) is 1.86. The normalized spacial score (nSPS) is 19.6. The second-order valence-electron chi connectivity index (χ2n) is 4.03. The molecule has 0 aliphatic carbocycles. The fraction of sp³-hybridized carbons (Fsp3) is 0.417. The molecule has 1 saturated heterocycles. The van der Waals surface area contributed by atoms with Crippen molar-refractivity contribution in [3.63, 3.8) is 0 Å². The number of carbonyl (C=O) groups excluding carboxylic acids is 1. The van der Waals surface area contributed by atoms with Gasteiger partial charge in [0.25, 0.3) is 5.91 Å². The summed E-state index contributed by atoms with van der Waals surface area (Å²) in [5, 5.41) is 3.27. The molecule has 4 nitrogen and oxygen atoms in total. The predicted octanol–water partition coefficient (Wildman–Crippen LogP) is 0.774. The first-order valence-electron chi connectivity index (χ1n) is 5.49. The summed E-state index contributed by atoms with van der Waals surface area (Å²) in [6, 6.07) is 7.09. The number of nitrogens with two attached hydrogens (primary N) is 1. The maximum atomic E-state index is 11.1. The molecule has 16 heavy (non-hydrogen) atoms. The Kier molecular flexibility index (Phi) is 3.41. The first-order chi connectivity index (χ1) is 7.77.